The van der Waals surface area contributed by atoms with Crippen LogP contribution in [0.1, 0.15) is 26.7 Å². The lowest BCUT2D eigenvalue weighted by atomic mass is 10.1. The lowest BCUT2D eigenvalue weighted by molar-refractivity contribution is -0.125. The zero-order chi connectivity index (χ0) is 10.3. The van der Waals surface area contributed by atoms with E-state index < -0.39 is 0 Å². The number of rotatable bonds is 6. The van der Waals surface area contributed by atoms with Crippen LogP contribution in [-0.4, -0.2) is 31.4 Å². The molecule has 0 radical (unpaired) electrons. The highest BCUT2D eigenvalue weighted by Gasteiger charge is 2.14. The molecule has 0 aromatic carbocycles. The first kappa shape index (κ1) is 12.1. The summed E-state index contributed by atoms with van der Waals surface area (Å²) in [5.41, 5.74) is 0. The highest BCUT2D eigenvalue weighted by atomic mass is 16.5. The number of nitrogens with one attached hydrogen (secondary N) is 1. The van der Waals surface area contributed by atoms with Crippen molar-refractivity contribution in [2.24, 2.45) is 0 Å². The van der Waals surface area contributed by atoms with Crippen LogP contribution in [0.4, 0.5) is 0 Å². The summed E-state index contributed by atoms with van der Waals surface area (Å²) in [6, 6.07) is 0. The second-order valence-corrected chi connectivity index (χ2v) is 2.92. The third kappa shape index (κ3) is 6.28. The van der Waals surface area contributed by atoms with Gasteiger partial charge >= 0.3 is 0 Å². The van der Waals surface area contributed by atoms with Crippen LogP contribution in [0.25, 0.3) is 0 Å². The van der Waals surface area contributed by atoms with E-state index in [0.717, 1.165) is 0 Å². The van der Waals surface area contributed by atoms with E-state index in [2.05, 4.69) is 5.32 Å². The number of Topliss-reactive ketones (excluding diaryl/α,β-unsaturated/α-hetero) is 1. The molecule has 0 spiro atoms. The normalized spacial score (nSPS) is 12.2. The lowest BCUT2D eigenvalue weighted by Gasteiger charge is -2.12. The third-order valence-electron chi connectivity index (χ3n) is 1.64. The standard InChI is InChI=1S/C9H17NO3/c1-4-10-9(12)6-8(13-3)5-7(2)11/h8H,4-6H2,1-3H3,(H,10,12). The number of carbonyl (C=O) groups excluding carboxylic acids is 2. The Bertz CT molecular complexity index is 180. The second-order valence-electron chi connectivity index (χ2n) is 2.92. The van der Waals surface area contributed by atoms with Crippen molar-refractivity contribution >= 4 is 11.7 Å². The fourth-order valence-electron chi connectivity index (χ4n) is 1.04. The molecule has 1 unspecified atom stereocenters. The van der Waals surface area contributed by atoms with Gasteiger partial charge in [-0.3, -0.25) is 9.59 Å². The Balaban J connectivity index is 3.83. The number of ether oxygens (including phenoxy) is 1. The topological polar surface area (TPSA) is 55.4 Å². The van der Waals surface area contributed by atoms with Gasteiger partial charge < -0.3 is 10.1 Å². The van der Waals surface area contributed by atoms with E-state index in [1.54, 1.807) is 0 Å². The fraction of sp³-hybridized carbons (Fsp3) is 0.778. The maximum Gasteiger partial charge on any atom is 0.222 e. The van der Waals surface area contributed by atoms with Gasteiger partial charge in [-0.1, -0.05) is 0 Å². The molecule has 1 atom stereocenters. The molecule has 0 aliphatic rings. The number of amides is 1. The van der Waals surface area contributed by atoms with E-state index >= 15 is 0 Å². The van der Waals surface area contributed by atoms with Crippen LogP contribution in [0.5, 0.6) is 0 Å². The Hall–Kier alpha value is -0.900. The minimum atomic E-state index is -0.288. The van der Waals surface area contributed by atoms with Crippen molar-refractivity contribution in [1.29, 1.82) is 0 Å². The molecule has 0 bridgehead atoms. The van der Waals surface area contributed by atoms with Gasteiger partial charge in [-0.05, 0) is 13.8 Å². The van der Waals surface area contributed by atoms with Gasteiger partial charge in [0.1, 0.15) is 5.78 Å². The van der Waals surface area contributed by atoms with E-state index in [1.807, 2.05) is 6.92 Å². The molecule has 0 aromatic rings. The molecule has 1 amide bonds. The van der Waals surface area contributed by atoms with Crippen molar-refractivity contribution in [3.05, 3.63) is 0 Å². The van der Waals surface area contributed by atoms with Crippen molar-refractivity contribution in [2.45, 2.75) is 32.8 Å². The Morgan fingerprint density at radius 2 is 2.00 bits per heavy atom. The maximum absolute atomic E-state index is 11.1. The molecule has 0 saturated carbocycles. The minimum absolute atomic E-state index is 0.0381. The number of hydrogen-bond donors (Lipinski definition) is 1. The largest absolute Gasteiger partial charge is 0.380 e. The average molecular weight is 187 g/mol. The molecule has 76 valence electrons. The summed E-state index contributed by atoms with van der Waals surface area (Å²) in [7, 11) is 1.51. The van der Waals surface area contributed by atoms with Crippen molar-refractivity contribution in [3.8, 4) is 0 Å². The van der Waals surface area contributed by atoms with Crippen LogP contribution < -0.4 is 5.32 Å². The van der Waals surface area contributed by atoms with Crippen molar-refractivity contribution in [2.75, 3.05) is 13.7 Å². The molecule has 4 nitrogen and oxygen atoms in total. The molecule has 4 heteroatoms. The number of ketones is 1. The lowest BCUT2D eigenvalue weighted by Crippen LogP contribution is -2.28. The van der Waals surface area contributed by atoms with Crippen LogP contribution in [0.15, 0.2) is 0 Å². The molecule has 0 heterocycles. The van der Waals surface area contributed by atoms with Gasteiger partial charge in [0.15, 0.2) is 0 Å². The van der Waals surface area contributed by atoms with Gasteiger partial charge in [0, 0.05) is 20.1 Å². The quantitative estimate of drug-likeness (QED) is 0.659. The summed E-state index contributed by atoms with van der Waals surface area (Å²) in [5.74, 6) is -0.0354. The summed E-state index contributed by atoms with van der Waals surface area (Å²) in [5, 5.41) is 2.65. The van der Waals surface area contributed by atoms with E-state index in [1.165, 1.54) is 14.0 Å². The average Bonchev–Trinajstić information content (AvgIpc) is 2.02. The third-order valence-corrected chi connectivity index (χ3v) is 1.64. The summed E-state index contributed by atoms with van der Waals surface area (Å²) in [6.07, 6.45) is 0.265. The molecule has 13 heavy (non-hydrogen) atoms. The zero-order valence-corrected chi connectivity index (χ0v) is 8.42. The van der Waals surface area contributed by atoms with Crippen LogP contribution in [-0.2, 0) is 14.3 Å². The highest BCUT2D eigenvalue weighted by molar-refractivity contribution is 5.79. The first-order valence-corrected chi connectivity index (χ1v) is 4.39. The SMILES string of the molecule is CCNC(=O)CC(CC(C)=O)OC. The fourth-order valence-corrected chi connectivity index (χ4v) is 1.04. The Labute approximate surface area is 78.6 Å². The smallest absolute Gasteiger partial charge is 0.222 e. The van der Waals surface area contributed by atoms with E-state index in [9.17, 15) is 9.59 Å². The van der Waals surface area contributed by atoms with Gasteiger partial charge in [0.2, 0.25) is 5.91 Å². The molecule has 0 rings (SSSR count). The maximum atomic E-state index is 11.1. The van der Waals surface area contributed by atoms with Gasteiger partial charge in [0.25, 0.3) is 0 Å². The summed E-state index contributed by atoms with van der Waals surface area (Å²) in [4.78, 5) is 21.8. The molecule has 0 aliphatic carbocycles. The first-order chi connectivity index (χ1) is 6.10. The van der Waals surface area contributed by atoms with Crippen LogP contribution >= 0.6 is 0 Å². The van der Waals surface area contributed by atoms with Gasteiger partial charge in [0.05, 0.1) is 12.5 Å². The summed E-state index contributed by atoms with van der Waals surface area (Å²) >= 11 is 0. The highest BCUT2D eigenvalue weighted by Crippen LogP contribution is 2.03. The Morgan fingerprint density at radius 3 is 2.38 bits per heavy atom. The Morgan fingerprint density at radius 1 is 1.38 bits per heavy atom. The van der Waals surface area contributed by atoms with Crippen LogP contribution in [0.3, 0.4) is 0 Å². The van der Waals surface area contributed by atoms with Gasteiger partial charge in [-0.15, -0.1) is 0 Å². The molecule has 1 N–H and O–H groups in total. The van der Waals surface area contributed by atoms with E-state index in [4.69, 9.17) is 4.74 Å². The second kappa shape index (κ2) is 6.60. The first-order valence-electron chi connectivity index (χ1n) is 4.39. The zero-order valence-electron chi connectivity index (χ0n) is 8.42. The predicted molar refractivity (Wildman–Crippen MR) is 49.4 cm³/mol. The molecular weight excluding hydrogens is 170 g/mol. The predicted octanol–water partition coefficient (Wildman–Crippen LogP) is 0.507. The van der Waals surface area contributed by atoms with Gasteiger partial charge in [-0.25, -0.2) is 0 Å². The number of carbonyl (C=O) groups is 2. The monoisotopic (exact) mass is 187 g/mol. The summed E-state index contributed by atoms with van der Waals surface area (Å²) < 4.78 is 5.00. The number of methoxy groups -OCH3 is 1. The van der Waals surface area contributed by atoms with Crippen molar-refractivity contribution < 1.29 is 14.3 Å². The van der Waals surface area contributed by atoms with E-state index in [-0.39, 0.29) is 24.2 Å². The molecule has 0 saturated heterocycles. The van der Waals surface area contributed by atoms with Crippen LogP contribution in [0, 0.1) is 0 Å². The van der Waals surface area contributed by atoms with Gasteiger partial charge in [-0.2, -0.15) is 0 Å². The number of hydrogen-bond acceptors (Lipinski definition) is 3. The Kier molecular flexibility index (Phi) is 6.14. The molecule has 0 fully saturated rings. The molecule has 0 aromatic heterocycles. The minimum Gasteiger partial charge on any atom is -0.380 e. The van der Waals surface area contributed by atoms with E-state index in [0.29, 0.717) is 13.0 Å². The van der Waals surface area contributed by atoms with Crippen LogP contribution in [0.2, 0.25) is 0 Å². The molecular formula is C9H17NO3. The van der Waals surface area contributed by atoms with Crippen molar-refractivity contribution in [1.82, 2.24) is 5.32 Å². The summed E-state index contributed by atoms with van der Waals surface area (Å²) in [6.45, 7) is 3.95. The molecule has 0 aliphatic heterocycles. The van der Waals surface area contributed by atoms with Crippen molar-refractivity contribution in [3.63, 3.8) is 0 Å².